The van der Waals surface area contributed by atoms with Crippen LogP contribution in [0.1, 0.15) is 34.6 Å². The number of rotatable bonds is 3. The van der Waals surface area contributed by atoms with Gasteiger partial charge in [-0.1, -0.05) is 0 Å². The van der Waals surface area contributed by atoms with E-state index in [9.17, 15) is 9.59 Å². The molecule has 0 radical (unpaired) electrons. The second-order valence-corrected chi connectivity index (χ2v) is 5.47. The molecule has 1 N–H and O–H groups in total. The van der Waals surface area contributed by atoms with Crippen LogP contribution in [0.2, 0.25) is 0 Å². The van der Waals surface area contributed by atoms with Crippen molar-refractivity contribution in [2.75, 3.05) is 13.2 Å². The maximum atomic E-state index is 11.8. The highest BCUT2D eigenvalue weighted by Gasteiger charge is 2.43. The Morgan fingerprint density at radius 2 is 1.88 bits per heavy atom. The molecular formula is C11H20N2O3. The Morgan fingerprint density at radius 1 is 1.31 bits per heavy atom. The Kier molecular flexibility index (Phi) is 3.28. The molecule has 16 heavy (non-hydrogen) atoms. The Morgan fingerprint density at radius 3 is 2.25 bits per heavy atom. The third-order valence-corrected chi connectivity index (χ3v) is 2.29. The van der Waals surface area contributed by atoms with Crippen molar-refractivity contribution >= 4 is 11.9 Å². The molecular weight excluding hydrogens is 208 g/mol. The monoisotopic (exact) mass is 228 g/mol. The van der Waals surface area contributed by atoms with Gasteiger partial charge in [0.25, 0.3) is 5.91 Å². The fourth-order valence-corrected chi connectivity index (χ4v) is 1.46. The molecule has 0 aliphatic carbocycles. The van der Waals surface area contributed by atoms with Gasteiger partial charge in [-0.2, -0.15) is 0 Å². The second-order valence-electron chi connectivity index (χ2n) is 5.47. The second kappa shape index (κ2) is 4.05. The molecule has 3 amide bonds. The smallest absolute Gasteiger partial charge is 0.325 e. The first-order chi connectivity index (χ1) is 7.13. The number of carbonyl (C=O) groups is 2. The van der Waals surface area contributed by atoms with Gasteiger partial charge < -0.3 is 10.1 Å². The van der Waals surface area contributed by atoms with Crippen LogP contribution in [-0.4, -0.2) is 41.1 Å². The normalized spacial score (nSPS) is 20.2. The Bertz CT molecular complexity index is 305. The quantitative estimate of drug-likeness (QED) is 0.737. The summed E-state index contributed by atoms with van der Waals surface area (Å²) in [5.74, 6) is -0.199. The van der Waals surface area contributed by atoms with E-state index < -0.39 is 5.54 Å². The zero-order valence-electron chi connectivity index (χ0n) is 10.6. The lowest BCUT2D eigenvalue weighted by atomic mass is 10.1. The number of imide groups is 1. The molecule has 92 valence electrons. The van der Waals surface area contributed by atoms with Crippen LogP contribution in [0.5, 0.6) is 0 Å². The predicted octanol–water partition coefficient (Wildman–Crippen LogP) is 1.13. The van der Waals surface area contributed by atoms with Crippen molar-refractivity contribution in [3.63, 3.8) is 0 Å². The molecule has 0 aromatic heterocycles. The molecule has 1 aliphatic rings. The van der Waals surface area contributed by atoms with Crippen LogP contribution in [0.4, 0.5) is 4.79 Å². The summed E-state index contributed by atoms with van der Waals surface area (Å²) in [7, 11) is 0. The summed E-state index contributed by atoms with van der Waals surface area (Å²) in [6, 6.07) is -0.340. The van der Waals surface area contributed by atoms with Crippen LogP contribution in [0, 0.1) is 0 Å². The Labute approximate surface area is 96.1 Å². The molecule has 0 bridgehead atoms. The molecule has 0 unspecified atom stereocenters. The van der Waals surface area contributed by atoms with Crippen molar-refractivity contribution in [2.45, 2.75) is 45.8 Å². The Balaban J connectivity index is 2.50. The molecule has 0 atom stereocenters. The van der Waals surface area contributed by atoms with Crippen molar-refractivity contribution in [3.05, 3.63) is 0 Å². The van der Waals surface area contributed by atoms with E-state index in [2.05, 4.69) is 5.32 Å². The van der Waals surface area contributed by atoms with Gasteiger partial charge in [0.1, 0.15) is 5.54 Å². The third-order valence-electron chi connectivity index (χ3n) is 2.29. The van der Waals surface area contributed by atoms with Crippen molar-refractivity contribution in [1.82, 2.24) is 10.2 Å². The number of urea groups is 1. The molecule has 0 aromatic carbocycles. The highest BCUT2D eigenvalue weighted by Crippen LogP contribution is 2.16. The molecule has 5 heteroatoms. The first-order valence-electron chi connectivity index (χ1n) is 5.41. The third kappa shape index (κ3) is 2.95. The number of ether oxygens (including phenoxy) is 1. The molecule has 0 spiro atoms. The number of hydrogen-bond acceptors (Lipinski definition) is 3. The van der Waals surface area contributed by atoms with E-state index in [1.807, 2.05) is 20.8 Å². The minimum Gasteiger partial charge on any atom is -0.374 e. The summed E-state index contributed by atoms with van der Waals surface area (Å²) in [5, 5.41) is 2.62. The molecule has 1 heterocycles. The van der Waals surface area contributed by atoms with E-state index in [-0.39, 0.29) is 17.5 Å². The van der Waals surface area contributed by atoms with Crippen LogP contribution >= 0.6 is 0 Å². The zero-order chi connectivity index (χ0) is 12.6. The number of amides is 3. The Hall–Kier alpha value is -1.10. The average molecular weight is 228 g/mol. The lowest BCUT2D eigenvalue weighted by Crippen LogP contribution is -2.41. The van der Waals surface area contributed by atoms with Crippen molar-refractivity contribution < 1.29 is 14.3 Å². The maximum Gasteiger partial charge on any atom is 0.325 e. The fraction of sp³-hybridized carbons (Fsp3) is 0.818. The summed E-state index contributed by atoms with van der Waals surface area (Å²) < 4.78 is 5.48. The van der Waals surface area contributed by atoms with Gasteiger partial charge in [0.2, 0.25) is 0 Å². The maximum absolute atomic E-state index is 11.8. The van der Waals surface area contributed by atoms with Crippen LogP contribution in [0.25, 0.3) is 0 Å². The fourth-order valence-electron chi connectivity index (χ4n) is 1.46. The summed E-state index contributed by atoms with van der Waals surface area (Å²) in [5.41, 5.74) is -1.05. The highest BCUT2D eigenvalue weighted by molar-refractivity contribution is 6.06. The minimum absolute atomic E-state index is 0.199. The largest absolute Gasteiger partial charge is 0.374 e. The first kappa shape index (κ1) is 13.0. The summed E-state index contributed by atoms with van der Waals surface area (Å²) in [4.78, 5) is 24.5. The summed E-state index contributed by atoms with van der Waals surface area (Å²) in [6.07, 6.45) is 0. The number of carbonyl (C=O) groups excluding carboxylic acids is 2. The van der Waals surface area contributed by atoms with E-state index >= 15 is 0 Å². The molecule has 0 saturated carbocycles. The van der Waals surface area contributed by atoms with E-state index in [1.54, 1.807) is 13.8 Å². The zero-order valence-corrected chi connectivity index (χ0v) is 10.6. The van der Waals surface area contributed by atoms with E-state index in [4.69, 9.17) is 4.74 Å². The van der Waals surface area contributed by atoms with Gasteiger partial charge in [0, 0.05) is 0 Å². The van der Waals surface area contributed by atoms with Gasteiger partial charge >= 0.3 is 6.03 Å². The van der Waals surface area contributed by atoms with E-state index in [1.165, 1.54) is 4.90 Å². The molecule has 1 rings (SSSR count). The van der Waals surface area contributed by atoms with Crippen LogP contribution in [0.3, 0.4) is 0 Å². The van der Waals surface area contributed by atoms with Gasteiger partial charge in [-0.05, 0) is 34.6 Å². The van der Waals surface area contributed by atoms with Crippen molar-refractivity contribution in [3.8, 4) is 0 Å². The van der Waals surface area contributed by atoms with Gasteiger partial charge in [-0.15, -0.1) is 0 Å². The summed E-state index contributed by atoms with van der Waals surface area (Å²) in [6.45, 7) is 9.84. The van der Waals surface area contributed by atoms with Crippen molar-refractivity contribution in [1.29, 1.82) is 0 Å². The predicted molar refractivity (Wildman–Crippen MR) is 60.0 cm³/mol. The van der Waals surface area contributed by atoms with Gasteiger partial charge in [0.15, 0.2) is 0 Å². The molecule has 1 aliphatic heterocycles. The molecule has 0 aromatic rings. The number of nitrogens with zero attached hydrogens (tertiary/aromatic N) is 1. The van der Waals surface area contributed by atoms with Gasteiger partial charge in [-0.3, -0.25) is 9.69 Å². The van der Waals surface area contributed by atoms with Crippen molar-refractivity contribution in [2.24, 2.45) is 0 Å². The number of hydrogen-bond donors (Lipinski definition) is 1. The SMILES string of the molecule is CC(C)(C)OCCN1C(=O)NC(C)(C)C1=O. The van der Waals surface area contributed by atoms with Gasteiger partial charge in [-0.25, -0.2) is 4.79 Å². The van der Waals surface area contributed by atoms with E-state index in [0.717, 1.165) is 0 Å². The standard InChI is InChI=1S/C11H20N2O3/c1-10(2,3)16-7-6-13-8(14)11(4,5)12-9(13)15/h6-7H2,1-5H3,(H,12,15). The first-order valence-corrected chi connectivity index (χ1v) is 5.41. The van der Waals surface area contributed by atoms with E-state index in [0.29, 0.717) is 13.2 Å². The number of nitrogens with one attached hydrogen (secondary N) is 1. The summed E-state index contributed by atoms with van der Waals surface area (Å²) >= 11 is 0. The van der Waals surface area contributed by atoms with Crippen LogP contribution < -0.4 is 5.32 Å². The lowest BCUT2D eigenvalue weighted by molar-refractivity contribution is -0.131. The topological polar surface area (TPSA) is 58.6 Å². The van der Waals surface area contributed by atoms with Crippen LogP contribution in [0.15, 0.2) is 0 Å². The average Bonchev–Trinajstić information content (AvgIpc) is 2.25. The highest BCUT2D eigenvalue weighted by atomic mass is 16.5. The van der Waals surface area contributed by atoms with Crippen LogP contribution in [-0.2, 0) is 9.53 Å². The molecule has 1 fully saturated rings. The van der Waals surface area contributed by atoms with Gasteiger partial charge in [0.05, 0.1) is 18.8 Å². The minimum atomic E-state index is -0.793. The molecule has 5 nitrogen and oxygen atoms in total. The lowest BCUT2D eigenvalue weighted by Gasteiger charge is -2.21. The molecule has 1 saturated heterocycles.